The summed E-state index contributed by atoms with van der Waals surface area (Å²) in [6.45, 7) is 11.2. The highest BCUT2D eigenvalue weighted by Gasteiger charge is 2.19. The molecule has 1 fully saturated rings. The SMILES string of the molecule is CCNCc1ccc(N2CCC(C)C2)c(C)c1. The van der Waals surface area contributed by atoms with Gasteiger partial charge in [-0.1, -0.05) is 26.0 Å². The van der Waals surface area contributed by atoms with Crippen LogP contribution in [0, 0.1) is 12.8 Å². The normalized spacial score (nSPS) is 19.9. The maximum absolute atomic E-state index is 3.37. The maximum Gasteiger partial charge on any atom is 0.0396 e. The van der Waals surface area contributed by atoms with Crippen molar-refractivity contribution in [2.75, 3.05) is 24.5 Å². The van der Waals surface area contributed by atoms with E-state index < -0.39 is 0 Å². The van der Waals surface area contributed by atoms with Crippen LogP contribution in [0.3, 0.4) is 0 Å². The quantitative estimate of drug-likeness (QED) is 0.858. The first-order valence-electron chi connectivity index (χ1n) is 6.76. The molecule has 1 aliphatic heterocycles. The monoisotopic (exact) mass is 232 g/mol. The Morgan fingerprint density at radius 2 is 2.24 bits per heavy atom. The molecule has 2 heteroatoms. The second kappa shape index (κ2) is 5.54. The molecule has 1 aromatic rings. The van der Waals surface area contributed by atoms with Gasteiger partial charge in [0.25, 0.3) is 0 Å². The molecule has 94 valence electrons. The van der Waals surface area contributed by atoms with Crippen molar-refractivity contribution in [1.29, 1.82) is 0 Å². The Kier molecular flexibility index (Phi) is 4.06. The molecule has 1 N–H and O–H groups in total. The molecule has 0 bridgehead atoms. The molecule has 0 amide bonds. The summed E-state index contributed by atoms with van der Waals surface area (Å²) >= 11 is 0. The molecule has 0 aliphatic carbocycles. The Morgan fingerprint density at radius 3 is 2.82 bits per heavy atom. The zero-order valence-electron chi connectivity index (χ0n) is 11.3. The largest absolute Gasteiger partial charge is 0.371 e. The van der Waals surface area contributed by atoms with E-state index in [-0.39, 0.29) is 0 Å². The van der Waals surface area contributed by atoms with Gasteiger partial charge in [-0.25, -0.2) is 0 Å². The van der Waals surface area contributed by atoms with Gasteiger partial charge in [-0.2, -0.15) is 0 Å². The van der Waals surface area contributed by atoms with Crippen LogP contribution in [-0.4, -0.2) is 19.6 Å². The lowest BCUT2D eigenvalue weighted by atomic mass is 10.1. The average molecular weight is 232 g/mol. The summed E-state index contributed by atoms with van der Waals surface area (Å²) in [5.74, 6) is 0.843. The minimum Gasteiger partial charge on any atom is -0.371 e. The number of anilines is 1. The van der Waals surface area contributed by atoms with Crippen LogP contribution in [0.5, 0.6) is 0 Å². The van der Waals surface area contributed by atoms with Crippen molar-refractivity contribution in [3.05, 3.63) is 29.3 Å². The second-order valence-corrected chi connectivity index (χ2v) is 5.24. The molecule has 2 rings (SSSR count). The summed E-state index contributed by atoms with van der Waals surface area (Å²) in [6.07, 6.45) is 1.33. The molecule has 0 radical (unpaired) electrons. The van der Waals surface area contributed by atoms with Crippen LogP contribution in [0.4, 0.5) is 5.69 Å². The molecule has 1 saturated heterocycles. The van der Waals surface area contributed by atoms with E-state index in [1.54, 1.807) is 0 Å². The van der Waals surface area contributed by atoms with Gasteiger partial charge in [0.2, 0.25) is 0 Å². The molecule has 1 atom stereocenters. The summed E-state index contributed by atoms with van der Waals surface area (Å²) in [7, 11) is 0. The highest BCUT2D eigenvalue weighted by atomic mass is 15.1. The van der Waals surface area contributed by atoms with Crippen LogP contribution in [0.15, 0.2) is 18.2 Å². The Bertz CT molecular complexity index is 373. The number of rotatable bonds is 4. The zero-order valence-corrected chi connectivity index (χ0v) is 11.3. The van der Waals surface area contributed by atoms with Crippen molar-refractivity contribution >= 4 is 5.69 Å². The molecular weight excluding hydrogens is 208 g/mol. The molecule has 2 nitrogen and oxygen atoms in total. The number of hydrogen-bond acceptors (Lipinski definition) is 2. The maximum atomic E-state index is 3.37. The van der Waals surface area contributed by atoms with Crippen LogP contribution >= 0.6 is 0 Å². The van der Waals surface area contributed by atoms with Crippen LogP contribution in [-0.2, 0) is 6.54 Å². The number of nitrogens with zero attached hydrogens (tertiary/aromatic N) is 1. The molecule has 0 spiro atoms. The van der Waals surface area contributed by atoms with Gasteiger partial charge >= 0.3 is 0 Å². The van der Waals surface area contributed by atoms with Crippen LogP contribution < -0.4 is 10.2 Å². The Labute approximate surface area is 105 Å². The van der Waals surface area contributed by atoms with E-state index in [0.717, 1.165) is 19.0 Å². The molecule has 1 heterocycles. The number of aryl methyl sites for hydroxylation is 1. The summed E-state index contributed by atoms with van der Waals surface area (Å²) < 4.78 is 0. The lowest BCUT2D eigenvalue weighted by Gasteiger charge is -2.21. The Hall–Kier alpha value is -1.02. The van der Waals surface area contributed by atoms with Gasteiger partial charge in [0.15, 0.2) is 0 Å². The highest BCUT2D eigenvalue weighted by molar-refractivity contribution is 5.55. The standard InChI is InChI=1S/C15H24N2/c1-4-16-10-14-5-6-15(13(3)9-14)17-8-7-12(2)11-17/h5-6,9,12,16H,4,7-8,10-11H2,1-3H3. The van der Waals surface area contributed by atoms with E-state index >= 15 is 0 Å². The lowest BCUT2D eigenvalue weighted by Crippen LogP contribution is -2.20. The van der Waals surface area contributed by atoms with Crippen molar-refractivity contribution in [2.45, 2.75) is 33.7 Å². The first-order valence-corrected chi connectivity index (χ1v) is 6.76. The van der Waals surface area contributed by atoms with E-state index in [4.69, 9.17) is 0 Å². The third-order valence-electron chi connectivity index (χ3n) is 3.60. The van der Waals surface area contributed by atoms with Gasteiger partial charge in [0, 0.05) is 25.3 Å². The van der Waals surface area contributed by atoms with Gasteiger partial charge in [-0.3, -0.25) is 0 Å². The fourth-order valence-corrected chi connectivity index (χ4v) is 2.61. The summed E-state index contributed by atoms with van der Waals surface area (Å²) in [5, 5.41) is 3.37. The average Bonchev–Trinajstić information content (AvgIpc) is 2.73. The van der Waals surface area contributed by atoms with Crippen molar-refractivity contribution in [1.82, 2.24) is 5.32 Å². The zero-order chi connectivity index (χ0) is 12.3. The molecule has 17 heavy (non-hydrogen) atoms. The predicted molar refractivity (Wildman–Crippen MR) is 74.6 cm³/mol. The third-order valence-corrected chi connectivity index (χ3v) is 3.60. The van der Waals surface area contributed by atoms with Gasteiger partial charge in [-0.05, 0) is 43.0 Å². The fourth-order valence-electron chi connectivity index (χ4n) is 2.61. The molecule has 1 unspecified atom stereocenters. The molecule has 0 aromatic heterocycles. The number of hydrogen-bond donors (Lipinski definition) is 1. The first kappa shape index (κ1) is 12.4. The van der Waals surface area contributed by atoms with Crippen LogP contribution in [0.1, 0.15) is 31.4 Å². The van der Waals surface area contributed by atoms with E-state index in [2.05, 4.69) is 49.2 Å². The smallest absolute Gasteiger partial charge is 0.0396 e. The molecule has 0 saturated carbocycles. The van der Waals surface area contributed by atoms with Gasteiger partial charge in [0.05, 0.1) is 0 Å². The lowest BCUT2D eigenvalue weighted by molar-refractivity contribution is 0.659. The molecule has 1 aromatic carbocycles. The van der Waals surface area contributed by atoms with E-state index in [1.165, 1.54) is 36.3 Å². The molecular formula is C15H24N2. The number of benzene rings is 1. The van der Waals surface area contributed by atoms with Gasteiger partial charge in [-0.15, -0.1) is 0 Å². The topological polar surface area (TPSA) is 15.3 Å². The summed E-state index contributed by atoms with van der Waals surface area (Å²) in [5.41, 5.74) is 4.23. The van der Waals surface area contributed by atoms with Crippen LogP contribution in [0.25, 0.3) is 0 Å². The summed E-state index contributed by atoms with van der Waals surface area (Å²) in [4.78, 5) is 2.52. The Balaban J connectivity index is 2.08. The van der Waals surface area contributed by atoms with Crippen molar-refractivity contribution in [3.63, 3.8) is 0 Å². The van der Waals surface area contributed by atoms with Gasteiger partial charge in [0.1, 0.15) is 0 Å². The van der Waals surface area contributed by atoms with Gasteiger partial charge < -0.3 is 10.2 Å². The minimum atomic E-state index is 0.843. The van der Waals surface area contributed by atoms with Crippen LogP contribution in [0.2, 0.25) is 0 Å². The first-order chi connectivity index (χ1) is 8.20. The highest BCUT2D eigenvalue weighted by Crippen LogP contribution is 2.27. The second-order valence-electron chi connectivity index (χ2n) is 5.24. The van der Waals surface area contributed by atoms with E-state index in [9.17, 15) is 0 Å². The number of nitrogens with one attached hydrogen (secondary N) is 1. The predicted octanol–water partition coefficient (Wildman–Crippen LogP) is 2.95. The summed E-state index contributed by atoms with van der Waals surface area (Å²) in [6, 6.07) is 6.87. The van der Waals surface area contributed by atoms with E-state index in [0.29, 0.717) is 0 Å². The fraction of sp³-hybridized carbons (Fsp3) is 0.600. The minimum absolute atomic E-state index is 0.843. The van der Waals surface area contributed by atoms with Crippen molar-refractivity contribution in [3.8, 4) is 0 Å². The van der Waals surface area contributed by atoms with Crippen molar-refractivity contribution in [2.24, 2.45) is 5.92 Å². The Morgan fingerprint density at radius 1 is 1.41 bits per heavy atom. The third kappa shape index (κ3) is 3.01. The van der Waals surface area contributed by atoms with Crippen molar-refractivity contribution < 1.29 is 0 Å². The molecule has 1 aliphatic rings. The van der Waals surface area contributed by atoms with E-state index in [1.807, 2.05) is 0 Å².